The molecule has 21 heavy (non-hydrogen) atoms. The molecule has 2 N–H and O–H groups in total. The molecule has 0 spiro atoms. The van der Waals surface area contributed by atoms with Gasteiger partial charge in [-0.2, -0.15) is 0 Å². The summed E-state index contributed by atoms with van der Waals surface area (Å²) in [5, 5.41) is 12.0. The zero-order chi connectivity index (χ0) is 15.6. The van der Waals surface area contributed by atoms with E-state index in [0.29, 0.717) is 24.3 Å². The number of hydrogen-bond donors (Lipinski definition) is 2. The molecular formula is C14H18BrN3O3. The fourth-order valence-electron chi connectivity index (χ4n) is 2.52. The molecule has 0 saturated carbocycles. The highest BCUT2D eigenvalue weighted by Crippen LogP contribution is 2.23. The fraction of sp³-hybridized carbons (Fsp3) is 0.500. The molecule has 1 saturated heterocycles. The molecule has 0 bridgehead atoms. The fourth-order valence-corrected chi connectivity index (χ4v) is 2.86. The van der Waals surface area contributed by atoms with Gasteiger partial charge < -0.3 is 15.3 Å². The number of rotatable bonds is 2. The van der Waals surface area contributed by atoms with Crippen LogP contribution in [0.4, 0.5) is 10.5 Å². The number of piperidine rings is 1. The number of hydrogen-bond acceptors (Lipinski definition) is 3. The van der Waals surface area contributed by atoms with Crippen LogP contribution in [0.5, 0.6) is 0 Å². The van der Waals surface area contributed by atoms with Crippen molar-refractivity contribution < 1.29 is 14.7 Å². The van der Waals surface area contributed by atoms with E-state index < -0.39 is 11.9 Å². The number of nitrogens with zero attached hydrogens (tertiary/aromatic N) is 2. The molecule has 1 aromatic rings. The van der Waals surface area contributed by atoms with Crippen LogP contribution in [-0.2, 0) is 4.79 Å². The highest BCUT2D eigenvalue weighted by Gasteiger charge is 2.32. The maximum Gasteiger partial charge on any atom is 0.321 e. The Morgan fingerprint density at radius 2 is 2.19 bits per heavy atom. The smallest absolute Gasteiger partial charge is 0.321 e. The van der Waals surface area contributed by atoms with Crippen LogP contribution in [0, 0.1) is 18.8 Å². The minimum atomic E-state index is -0.848. The van der Waals surface area contributed by atoms with Crippen LogP contribution in [-0.4, -0.2) is 40.1 Å². The van der Waals surface area contributed by atoms with E-state index in [2.05, 4.69) is 26.2 Å². The van der Waals surface area contributed by atoms with Gasteiger partial charge >= 0.3 is 12.0 Å². The Bertz CT molecular complexity index is 564. The number of carbonyl (C=O) groups is 2. The van der Waals surface area contributed by atoms with E-state index in [-0.39, 0.29) is 18.5 Å². The number of carboxylic acid groups (broad SMARTS) is 1. The lowest BCUT2D eigenvalue weighted by Gasteiger charge is -2.34. The summed E-state index contributed by atoms with van der Waals surface area (Å²) in [6.45, 7) is 4.57. The average molecular weight is 356 g/mol. The van der Waals surface area contributed by atoms with Crippen molar-refractivity contribution in [2.45, 2.75) is 20.3 Å². The van der Waals surface area contributed by atoms with Crippen molar-refractivity contribution in [3.05, 3.63) is 22.4 Å². The molecule has 6 nitrogen and oxygen atoms in total. The summed E-state index contributed by atoms with van der Waals surface area (Å²) in [6, 6.07) is 1.50. The molecule has 2 atom stereocenters. The molecule has 7 heteroatoms. The number of nitrogens with one attached hydrogen (secondary N) is 1. The van der Waals surface area contributed by atoms with Crippen LogP contribution < -0.4 is 5.32 Å². The summed E-state index contributed by atoms with van der Waals surface area (Å²) < 4.78 is 0.777. The van der Waals surface area contributed by atoms with E-state index in [1.807, 2.05) is 6.92 Å². The summed E-state index contributed by atoms with van der Waals surface area (Å²) >= 11 is 3.32. The standard InChI is InChI=1S/C14H18BrN3O3/c1-8-3-10(13(19)20)7-18(6-8)14(21)17-12-4-11(15)5-16-9(12)2/h4-5,8,10H,3,6-7H2,1-2H3,(H,17,21)(H,19,20). The number of aryl methyl sites for hydroxylation is 1. The number of carboxylic acids is 1. The topological polar surface area (TPSA) is 82.5 Å². The van der Waals surface area contributed by atoms with Gasteiger partial charge in [0.15, 0.2) is 0 Å². The molecule has 1 fully saturated rings. The van der Waals surface area contributed by atoms with Crippen LogP contribution in [0.25, 0.3) is 0 Å². The van der Waals surface area contributed by atoms with Crippen molar-refractivity contribution >= 4 is 33.6 Å². The molecule has 1 aromatic heterocycles. The summed E-state index contributed by atoms with van der Waals surface area (Å²) in [5.41, 5.74) is 1.34. The molecule has 1 aliphatic heterocycles. The Hall–Kier alpha value is -1.63. The van der Waals surface area contributed by atoms with Gasteiger partial charge in [0.05, 0.1) is 17.3 Å². The van der Waals surface area contributed by atoms with Crippen LogP contribution >= 0.6 is 15.9 Å². The van der Waals surface area contributed by atoms with Gasteiger partial charge in [-0.1, -0.05) is 6.92 Å². The lowest BCUT2D eigenvalue weighted by molar-refractivity contribution is -0.143. The van der Waals surface area contributed by atoms with Crippen molar-refractivity contribution in [1.82, 2.24) is 9.88 Å². The zero-order valence-corrected chi connectivity index (χ0v) is 13.6. The van der Waals surface area contributed by atoms with E-state index in [1.165, 1.54) is 0 Å². The Morgan fingerprint density at radius 1 is 1.48 bits per heavy atom. The van der Waals surface area contributed by atoms with Crippen LogP contribution in [0.1, 0.15) is 19.0 Å². The molecule has 2 heterocycles. The van der Waals surface area contributed by atoms with Gasteiger partial charge in [0.25, 0.3) is 0 Å². The highest BCUT2D eigenvalue weighted by molar-refractivity contribution is 9.10. The summed E-state index contributed by atoms with van der Waals surface area (Å²) in [7, 11) is 0. The predicted octanol–water partition coefficient (Wildman–Crippen LogP) is 2.73. The summed E-state index contributed by atoms with van der Waals surface area (Å²) in [6.07, 6.45) is 2.27. The van der Waals surface area contributed by atoms with E-state index >= 15 is 0 Å². The van der Waals surface area contributed by atoms with Gasteiger partial charge in [-0.25, -0.2) is 4.79 Å². The third-order valence-electron chi connectivity index (χ3n) is 3.59. The van der Waals surface area contributed by atoms with Crippen molar-refractivity contribution in [1.29, 1.82) is 0 Å². The van der Waals surface area contributed by atoms with E-state index in [1.54, 1.807) is 24.1 Å². The van der Waals surface area contributed by atoms with Gasteiger partial charge in [0.1, 0.15) is 0 Å². The Balaban J connectivity index is 2.08. The Kier molecular flexibility index (Phi) is 4.82. The monoisotopic (exact) mass is 355 g/mol. The lowest BCUT2D eigenvalue weighted by Crippen LogP contribution is -2.47. The zero-order valence-electron chi connectivity index (χ0n) is 12.0. The van der Waals surface area contributed by atoms with Crippen molar-refractivity contribution in [2.75, 3.05) is 18.4 Å². The Morgan fingerprint density at radius 3 is 2.86 bits per heavy atom. The first-order chi connectivity index (χ1) is 9.86. The highest BCUT2D eigenvalue weighted by atomic mass is 79.9. The van der Waals surface area contributed by atoms with Crippen LogP contribution in [0.15, 0.2) is 16.7 Å². The van der Waals surface area contributed by atoms with E-state index in [0.717, 1.165) is 4.47 Å². The minimum absolute atomic E-state index is 0.173. The second kappa shape index (κ2) is 6.43. The molecule has 2 rings (SSSR count). The SMILES string of the molecule is Cc1ncc(Br)cc1NC(=O)N1CC(C)CC(C(=O)O)C1. The van der Waals surface area contributed by atoms with Crippen molar-refractivity contribution in [3.63, 3.8) is 0 Å². The lowest BCUT2D eigenvalue weighted by atomic mass is 9.91. The normalized spacial score (nSPS) is 22.0. The quantitative estimate of drug-likeness (QED) is 0.854. The number of aliphatic carboxylic acids is 1. The maximum absolute atomic E-state index is 12.3. The molecule has 2 amide bonds. The average Bonchev–Trinajstić information content (AvgIpc) is 2.42. The summed E-state index contributed by atoms with van der Waals surface area (Å²) in [4.78, 5) is 29.2. The number of pyridine rings is 1. The van der Waals surface area contributed by atoms with Crippen molar-refractivity contribution in [3.8, 4) is 0 Å². The number of anilines is 1. The molecule has 2 unspecified atom stereocenters. The van der Waals surface area contributed by atoms with Crippen LogP contribution in [0.3, 0.4) is 0 Å². The predicted molar refractivity (Wildman–Crippen MR) is 82.2 cm³/mol. The number of urea groups is 1. The van der Waals surface area contributed by atoms with Gasteiger partial charge in [-0.3, -0.25) is 9.78 Å². The number of carbonyl (C=O) groups excluding carboxylic acids is 1. The first-order valence-electron chi connectivity index (χ1n) is 6.77. The maximum atomic E-state index is 12.3. The summed E-state index contributed by atoms with van der Waals surface area (Å²) in [5.74, 6) is -1.17. The van der Waals surface area contributed by atoms with Gasteiger partial charge in [-0.15, -0.1) is 0 Å². The molecule has 0 aromatic carbocycles. The number of halogens is 1. The molecule has 0 radical (unpaired) electrons. The molecule has 114 valence electrons. The number of amides is 2. The second-order valence-corrected chi connectivity index (χ2v) is 6.41. The molecule has 0 aliphatic carbocycles. The van der Waals surface area contributed by atoms with Crippen molar-refractivity contribution in [2.24, 2.45) is 11.8 Å². The van der Waals surface area contributed by atoms with E-state index in [4.69, 9.17) is 5.11 Å². The van der Waals surface area contributed by atoms with Crippen LogP contribution in [0.2, 0.25) is 0 Å². The Labute approximate surface area is 131 Å². The molecular weight excluding hydrogens is 338 g/mol. The van der Waals surface area contributed by atoms with Gasteiger partial charge in [-0.05, 0) is 41.3 Å². The number of likely N-dealkylation sites (tertiary alicyclic amines) is 1. The largest absolute Gasteiger partial charge is 0.481 e. The minimum Gasteiger partial charge on any atom is -0.481 e. The van der Waals surface area contributed by atoms with Gasteiger partial charge in [0, 0.05) is 23.8 Å². The first-order valence-corrected chi connectivity index (χ1v) is 7.57. The second-order valence-electron chi connectivity index (χ2n) is 5.50. The molecule has 1 aliphatic rings. The first kappa shape index (κ1) is 15.8. The third-order valence-corrected chi connectivity index (χ3v) is 4.02. The number of aromatic nitrogens is 1. The van der Waals surface area contributed by atoms with E-state index in [9.17, 15) is 9.59 Å². The third kappa shape index (κ3) is 3.93. The van der Waals surface area contributed by atoms with Gasteiger partial charge in [0.2, 0.25) is 0 Å².